The average molecular weight is 360 g/mol. The quantitative estimate of drug-likeness (QED) is 0.324. The van der Waals surface area contributed by atoms with Crippen molar-refractivity contribution in [3.63, 3.8) is 0 Å². The number of halogens is 1. The highest BCUT2D eigenvalue weighted by Gasteiger charge is 2.43. The number of nitrogens with zero attached hydrogens (tertiary/aromatic N) is 1. The van der Waals surface area contributed by atoms with Gasteiger partial charge in [-0.05, 0) is 13.0 Å². The van der Waals surface area contributed by atoms with Gasteiger partial charge >= 0.3 is 5.69 Å². The minimum atomic E-state index is -0.407. The number of hydrogen-bond acceptors (Lipinski definition) is 5. The lowest BCUT2D eigenvalue weighted by Gasteiger charge is -2.40. The van der Waals surface area contributed by atoms with Gasteiger partial charge in [-0.15, -0.1) is 0 Å². The van der Waals surface area contributed by atoms with Crippen LogP contribution in [-0.2, 0) is 9.47 Å². The van der Waals surface area contributed by atoms with Crippen molar-refractivity contribution in [3.8, 4) is 5.75 Å². The Morgan fingerprint density at radius 3 is 2.81 bits per heavy atom. The summed E-state index contributed by atoms with van der Waals surface area (Å²) in [6.07, 6.45) is 0.440. The average Bonchev–Trinajstić information content (AvgIpc) is 2.42. The molecular weight excluding hydrogens is 342 g/mol. The van der Waals surface area contributed by atoms with E-state index in [1.54, 1.807) is 32.2 Å². The van der Waals surface area contributed by atoms with E-state index in [1.807, 2.05) is 0 Å². The minimum Gasteiger partial charge on any atom is -0.481 e. The first-order valence-corrected chi connectivity index (χ1v) is 7.61. The maximum Gasteiger partial charge on any atom is 0.313 e. The molecule has 6 nitrogen and oxygen atoms in total. The number of ether oxygens (including phenoxy) is 3. The van der Waals surface area contributed by atoms with Crippen LogP contribution in [0.2, 0.25) is 0 Å². The number of alkyl halides is 1. The number of benzene rings is 1. The van der Waals surface area contributed by atoms with E-state index >= 15 is 0 Å². The van der Waals surface area contributed by atoms with Crippen molar-refractivity contribution in [2.24, 2.45) is 0 Å². The molecule has 0 heterocycles. The van der Waals surface area contributed by atoms with E-state index in [4.69, 9.17) is 14.2 Å². The van der Waals surface area contributed by atoms with Crippen molar-refractivity contribution >= 4 is 21.6 Å². The molecule has 1 saturated carbocycles. The molecule has 0 aliphatic heterocycles. The Bertz CT molecular complexity index is 510. The SMILES string of the molecule is COCCOC1C(Br)CC1Oc1cccc(C)c1[N+](=O)[O-]. The number of aryl methyl sites for hydroxylation is 1. The van der Waals surface area contributed by atoms with Crippen molar-refractivity contribution in [1.29, 1.82) is 0 Å². The predicted molar refractivity (Wildman–Crippen MR) is 81.2 cm³/mol. The largest absolute Gasteiger partial charge is 0.481 e. The molecule has 116 valence electrons. The normalized spacial score (nSPS) is 24.4. The first-order chi connectivity index (χ1) is 10.0. The molecule has 1 aliphatic rings. The topological polar surface area (TPSA) is 70.8 Å². The molecule has 1 aromatic rings. The maximum absolute atomic E-state index is 11.2. The second-order valence-electron chi connectivity index (χ2n) is 4.91. The van der Waals surface area contributed by atoms with Gasteiger partial charge in [0.05, 0.1) is 18.1 Å². The van der Waals surface area contributed by atoms with Gasteiger partial charge in [0.2, 0.25) is 0 Å². The second kappa shape index (κ2) is 7.20. The van der Waals surface area contributed by atoms with Crippen LogP contribution in [0.15, 0.2) is 18.2 Å². The van der Waals surface area contributed by atoms with Crippen molar-refractivity contribution in [3.05, 3.63) is 33.9 Å². The Labute approximate surface area is 131 Å². The highest BCUT2D eigenvalue weighted by molar-refractivity contribution is 9.09. The molecule has 0 amide bonds. The van der Waals surface area contributed by atoms with Crippen LogP contribution < -0.4 is 4.74 Å². The van der Waals surface area contributed by atoms with Gasteiger partial charge in [-0.2, -0.15) is 0 Å². The number of para-hydroxylation sites is 1. The molecule has 3 unspecified atom stereocenters. The van der Waals surface area contributed by atoms with E-state index in [2.05, 4.69) is 15.9 Å². The maximum atomic E-state index is 11.2. The molecule has 0 aromatic heterocycles. The van der Waals surface area contributed by atoms with Gasteiger partial charge in [0.25, 0.3) is 0 Å². The fourth-order valence-corrected chi connectivity index (χ4v) is 3.11. The summed E-state index contributed by atoms with van der Waals surface area (Å²) in [5, 5.41) is 11.2. The lowest BCUT2D eigenvalue weighted by molar-refractivity contribution is -0.386. The number of methoxy groups -OCH3 is 1. The summed E-state index contributed by atoms with van der Waals surface area (Å²) in [4.78, 5) is 10.9. The first kappa shape index (κ1) is 16.2. The van der Waals surface area contributed by atoms with Crippen molar-refractivity contribution in [2.45, 2.75) is 30.4 Å². The van der Waals surface area contributed by atoms with Crippen LogP contribution in [0.25, 0.3) is 0 Å². The van der Waals surface area contributed by atoms with Gasteiger partial charge in [-0.1, -0.05) is 28.1 Å². The zero-order valence-corrected chi connectivity index (χ0v) is 13.5. The smallest absolute Gasteiger partial charge is 0.313 e. The third-order valence-corrected chi connectivity index (χ3v) is 4.33. The molecule has 0 radical (unpaired) electrons. The van der Waals surface area contributed by atoms with Crippen LogP contribution in [0, 0.1) is 17.0 Å². The number of nitro groups is 1. The minimum absolute atomic E-state index is 0.0196. The summed E-state index contributed by atoms with van der Waals surface area (Å²) in [5.41, 5.74) is 0.607. The molecule has 1 fully saturated rings. The van der Waals surface area contributed by atoms with Crippen LogP contribution in [-0.4, -0.2) is 42.3 Å². The van der Waals surface area contributed by atoms with Gasteiger partial charge in [0.15, 0.2) is 5.75 Å². The van der Waals surface area contributed by atoms with Gasteiger partial charge in [0.1, 0.15) is 12.2 Å². The van der Waals surface area contributed by atoms with E-state index < -0.39 is 4.92 Å². The predicted octanol–water partition coefficient (Wildman–Crippen LogP) is 2.85. The molecule has 0 spiro atoms. The van der Waals surface area contributed by atoms with Crippen LogP contribution in [0.1, 0.15) is 12.0 Å². The Balaban J connectivity index is 2.05. The summed E-state index contributed by atoms with van der Waals surface area (Å²) >= 11 is 3.51. The van der Waals surface area contributed by atoms with E-state index in [0.29, 0.717) is 24.5 Å². The molecule has 1 aliphatic carbocycles. The summed E-state index contributed by atoms with van der Waals surface area (Å²) < 4.78 is 16.4. The van der Waals surface area contributed by atoms with E-state index in [1.165, 1.54) is 0 Å². The Morgan fingerprint density at radius 2 is 2.19 bits per heavy atom. The van der Waals surface area contributed by atoms with Crippen LogP contribution in [0.4, 0.5) is 5.69 Å². The molecule has 21 heavy (non-hydrogen) atoms. The van der Waals surface area contributed by atoms with E-state index in [0.717, 1.165) is 6.42 Å². The zero-order valence-electron chi connectivity index (χ0n) is 12.0. The summed E-state index contributed by atoms with van der Waals surface area (Å²) in [6, 6.07) is 5.08. The first-order valence-electron chi connectivity index (χ1n) is 6.70. The summed E-state index contributed by atoms with van der Waals surface area (Å²) in [7, 11) is 1.61. The van der Waals surface area contributed by atoms with E-state index in [-0.39, 0.29) is 22.7 Å². The van der Waals surface area contributed by atoms with E-state index in [9.17, 15) is 10.1 Å². The highest BCUT2D eigenvalue weighted by atomic mass is 79.9. The number of rotatable bonds is 7. The van der Waals surface area contributed by atoms with Gasteiger partial charge in [-0.25, -0.2) is 0 Å². The number of nitro benzene ring substituents is 1. The number of hydrogen-bond donors (Lipinski definition) is 0. The summed E-state index contributed by atoms with van der Waals surface area (Å²) in [6.45, 7) is 2.68. The standard InChI is InChI=1S/C14H18BrNO5/c1-9-4-3-5-11(13(9)16(17)18)21-12-8-10(15)14(12)20-7-6-19-2/h3-5,10,12,14H,6-8H2,1-2H3. The third-order valence-electron chi connectivity index (χ3n) is 3.44. The zero-order chi connectivity index (χ0) is 15.4. The Hall–Kier alpha value is -1.18. The molecule has 0 saturated heterocycles. The highest BCUT2D eigenvalue weighted by Crippen LogP contribution is 2.38. The van der Waals surface area contributed by atoms with Crippen molar-refractivity contribution < 1.29 is 19.1 Å². The molecular formula is C14H18BrNO5. The van der Waals surface area contributed by atoms with Gasteiger partial charge in [-0.3, -0.25) is 10.1 Å². The van der Waals surface area contributed by atoms with Gasteiger partial charge in [0, 0.05) is 23.9 Å². The monoisotopic (exact) mass is 359 g/mol. The molecule has 2 rings (SSSR count). The fourth-order valence-electron chi connectivity index (χ4n) is 2.25. The van der Waals surface area contributed by atoms with Crippen LogP contribution in [0.5, 0.6) is 5.75 Å². The molecule has 0 N–H and O–H groups in total. The van der Waals surface area contributed by atoms with Gasteiger partial charge < -0.3 is 14.2 Å². The second-order valence-corrected chi connectivity index (χ2v) is 6.09. The lowest BCUT2D eigenvalue weighted by Crippen LogP contribution is -2.52. The summed E-state index contributed by atoms with van der Waals surface area (Å²) in [5.74, 6) is 0.296. The van der Waals surface area contributed by atoms with Crippen LogP contribution >= 0.6 is 15.9 Å². The van der Waals surface area contributed by atoms with Crippen molar-refractivity contribution in [1.82, 2.24) is 0 Å². The fraction of sp³-hybridized carbons (Fsp3) is 0.571. The molecule has 3 atom stereocenters. The third kappa shape index (κ3) is 3.72. The van der Waals surface area contributed by atoms with Crippen molar-refractivity contribution in [2.75, 3.05) is 20.3 Å². The molecule has 7 heteroatoms. The molecule has 0 bridgehead atoms. The Kier molecular flexibility index (Phi) is 5.55. The Morgan fingerprint density at radius 1 is 1.43 bits per heavy atom. The molecule has 1 aromatic carbocycles. The lowest BCUT2D eigenvalue weighted by atomic mass is 9.91. The van der Waals surface area contributed by atoms with Crippen LogP contribution in [0.3, 0.4) is 0 Å².